The predicted octanol–water partition coefficient (Wildman–Crippen LogP) is 1.66. The summed E-state index contributed by atoms with van der Waals surface area (Å²) in [6, 6.07) is 0. The third-order valence-corrected chi connectivity index (χ3v) is 3.29. The number of nitrogens with zero attached hydrogens (tertiary/aromatic N) is 1. The molecular formula is C10H19N3O2S. The van der Waals surface area contributed by atoms with Gasteiger partial charge in [0.1, 0.15) is 10.7 Å². The van der Waals surface area contributed by atoms with Crippen LogP contribution in [0.3, 0.4) is 0 Å². The standard InChI is InChI=1S/C10H19N3O2S/c1-10(2,3)5-6-11-9-8(7-12-13-9)16(4,14)15/h7H,5-6H2,1-4H3,(H2,11,12,13). The van der Waals surface area contributed by atoms with Crippen LogP contribution in [-0.2, 0) is 9.84 Å². The molecule has 6 heteroatoms. The first-order valence-electron chi connectivity index (χ1n) is 5.17. The molecule has 0 saturated heterocycles. The van der Waals surface area contributed by atoms with E-state index < -0.39 is 9.84 Å². The lowest BCUT2D eigenvalue weighted by Gasteiger charge is -2.18. The van der Waals surface area contributed by atoms with E-state index >= 15 is 0 Å². The fourth-order valence-corrected chi connectivity index (χ4v) is 1.98. The normalized spacial score (nSPS) is 12.8. The van der Waals surface area contributed by atoms with Crippen LogP contribution in [0.25, 0.3) is 0 Å². The van der Waals surface area contributed by atoms with E-state index in [1.54, 1.807) is 0 Å². The van der Waals surface area contributed by atoms with Crippen molar-refractivity contribution in [1.82, 2.24) is 10.2 Å². The number of rotatable bonds is 4. The van der Waals surface area contributed by atoms with E-state index in [0.29, 0.717) is 12.4 Å². The lowest BCUT2D eigenvalue weighted by atomic mass is 9.92. The third-order valence-electron chi connectivity index (χ3n) is 2.18. The minimum absolute atomic E-state index is 0.221. The molecule has 16 heavy (non-hydrogen) atoms. The summed E-state index contributed by atoms with van der Waals surface area (Å²) < 4.78 is 22.7. The van der Waals surface area contributed by atoms with E-state index in [1.807, 2.05) is 0 Å². The Morgan fingerprint density at radius 1 is 1.44 bits per heavy atom. The van der Waals surface area contributed by atoms with E-state index in [2.05, 4.69) is 36.3 Å². The van der Waals surface area contributed by atoms with Gasteiger partial charge in [0.25, 0.3) is 0 Å². The molecule has 0 radical (unpaired) electrons. The molecule has 1 aromatic rings. The summed E-state index contributed by atoms with van der Waals surface area (Å²) in [6.45, 7) is 7.13. The van der Waals surface area contributed by atoms with Crippen LogP contribution in [0.4, 0.5) is 5.82 Å². The van der Waals surface area contributed by atoms with E-state index in [4.69, 9.17) is 0 Å². The molecule has 0 saturated carbocycles. The maximum Gasteiger partial charge on any atom is 0.180 e. The minimum Gasteiger partial charge on any atom is -0.369 e. The molecule has 0 unspecified atom stereocenters. The average Bonchev–Trinajstić information content (AvgIpc) is 2.48. The van der Waals surface area contributed by atoms with Gasteiger partial charge < -0.3 is 5.32 Å². The molecule has 0 aliphatic carbocycles. The Bertz CT molecular complexity index is 443. The van der Waals surface area contributed by atoms with Crippen LogP contribution in [-0.4, -0.2) is 31.4 Å². The van der Waals surface area contributed by atoms with Gasteiger partial charge in [-0.25, -0.2) is 8.42 Å². The molecule has 1 heterocycles. The summed E-state index contributed by atoms with van der Waals surface area (Å²) in [6.07, 6.45) is 3.46. The van der Waals surface area contributed by atoms with Gasteiger partial charge in [0.2, 0.25) is 0 Å². The molecule has 0 amide bonds. The van der Waals surface area contributed by atoms with E-state index in [-0.39, 0.29) is 10.3 Å². The molecular weight excluding hydrogens is 226 g/mol. The summed E-state index contributed by atoms with van der Waals surface area (Å²) in [5.74, 6) is 0.478. The van der Waals surface area contributed by atoms with Gasteiger partial charge in [-0.05, 0) is 11.8 Å². The summed E-state index contributed by atoms with van der Waals surface area (Å²) in [4.78, 5) is 0.224. The second-order valence-corrected chi connectivity index (χ2v) is 7.10. The molecule has 0 aliphatic rings. The molecule has 2 N–H and O–H groups in total. The van der Waals surface area contributed by atoms with Crippen molar-refractivity contribution in [1.29, 1.82) is 0 Å². The fourth-order valence-electron chi connectivity index (χ4n) is 1.25. The van der Waals surface area contributed by atoms with Gasteiger partial charge in [0.15, 0.2) is 9.84 Å². The van der Waals surface area contributed by atoms with Crippen molar-refractivity contribution in [2.75, 3.05) is 18.1 Å². The smallest absolute Gasteiger partial charge is 0.180 e. The highest BCUT2D eigenvalue weighted by Gasteiger charge is 2.16. The van der Waals surface area contributed by atoms with Gasteiger partial charge in [0, 0.05) is 12.8 Å². The largest absolute Gasteiger partial charge is 0.369 e. The Balaban J connectivity index is 2.66. The fraction of sp³-hybridized carbons (Fsp3) is 0.700. The Kier molecular flexibility index (Phi) is 3.62. The van der Waals surface area contributed by atoms with Crippen LogP contribution in [0.2, 0.25) is 0 Å². The summed E-state index contributed by atoms with van der Waals surface area (Å²) in [5, 5.41) is 9.45. The lowest BCUT2D eigenvalue weighted by Crippen LogP contribution is -2.14. The van der Waals surface area contributed by atoms with E-state index in [0.717, 1.165) is 6.42 Å². The average molecular weight is 245 g/mol. The number of H-pyrrole nitrogens is 1. The zero-order chi connectivity index (χ0) is 12.4. The first-order valence-corrected chi connectivity index (χ1v) is 7.06. The molecule has 92 valence electrons. The summed E-state index contributed by atoms with van der Waals surface area (Å²) in [7, 11) is -3.21. The monoisotopic (exact) mass is 245 g/mol. The number of anilines is 1. The molecule has 0 fully saturated rings. The zero-order valence-electron chi connectivity index (χ0n) is 10.2. The molecule has 0 spiro atoms. The molecule has 0 aromatic carbocycles. The summed E-state index contributed by atoms with van der Waals surface area (Å²) in [5.41, 5.74) is 0.221. The van der Waals surface area contributed by atoms with Crippen LogP contribution in [0, 0.1) is 5.41 Å². The van der Waals surface area contributed by atoms with Gasteiger partial charge >= 0.3 is 0 Å². The lowest BCUT2D eigenvalue weighted by molar-refractivity contribution is 0.389. The minimum atomic E-state index is -3.21. The van der Waals surface area contributed by atoms with Crippen molar-refractivity contribution in [3.63, 3.8) is 0 Å². The predicted molar refractivity (Wildman–Crippen MR) is 64.3 cm³/mol. The van der Waals surface area contributed by atoms with Gasteiger partial charge in [-0.15, -0.1) is 0 Å². The van der Waals surface area contributed by atoms with Crippen molar-refractivity contribution in [3.8, 4) is 0 Å². The Hall–Kier alpha value is -1.04. The van der Waals surface area contributed by atoms with Gasteiger partial charge in [-0.1, -0.05) is 20.8 Å². The van der Waals surface area contributed by atoms with Crippen molar-refractivity contribution in [2.45, 2.75) is 32.1 Å². The Labute approximate surface area is 96.6 Å². The number of hydrogen-bond acceptors (Lipinski definition) is 4. The van der Waals surface area contributed by atoms with E-state index in [1.165, 1.54) is 12.5 Å². The molecule has 5 nitrogen and oxygen atoms in total. The third kappa shape index (κ3) is 3.84. The number of aromatic nitrogens is 2. The molecule has 0 aliphatic heterocycles. The Morgan fingerprint density at radius 2 is 2.06 bits per heavy atom. The highest BCUT2D eigenvalue weighted by molar-refractivity contribution is 7.90. The van der Waals surface area contributed by atoms with Gasteiger partial charge in [-0.3, -0.25) is 5.10 Å². The maximum atomic E-state index is 11.4. The molecule has 1 rings (SSSR count). The van der Waals surface area contributed by atoms with Gasteiger partial charge in [0.05, 0.1) is 6.20 Å². The number of hydrogen-bond donors (Lipinski definition) is 2. The first kappa shape index (κ1) is 13.0. The summed E-state index contributed by atoms with van der Waals surface area (Å²) >= 11 is 0. The van der Waals surface area contributed by atoms with Crippen molar-refractivity contribution in [2.24, 2.45) is 5.41 Å². The maximum absolute atomic E-state index is 11.4. The van der Waals surface area contributed by atoms with Crippen LogP contribution in [0.5, 0.6) is 0 Å². The second-order valence-electron chi connectivity index (χ2n) is 5.12. The molecule has 0 bridgehead atoms. The van der Waals surface area contributed by atoms with E-state index in [9.17, 15) is 8.42 Å². The van der Waals surface area contributed by atoms with Crippen LogP contribution >= 0.6 is 0 Å². The van der Waals surface area contributed by atoms with Crippen molar-refractivity contribution >= 4 is 15.7 Å². The number of aromatic amines is 1. The Morgan fingerprint density at radius 3 is 2.56 bits per heavy atom. The second kappa shape index (κ2) is 4.45. The SMILES string of the molecule is CC(C)(C)CCNc1[nH]ncc1S(C)(=O)=O. The quantitative estimate of drug-likeness (QED) is 0.846. The van der Waals surface area contributed by atoms with Gasteiger partial charge in [-0.2, -0.15) is 5.10 Å². The highest BCUT2D eigenvalue weighted by atomic mass is 32.2. The topological polar surface area (TPSA) is 74.8 Å². The first-order chi connectivity index (χ1) is 7.20. The van der Waals surface area contributed by atoms with Crippen LogP contribution in [0.1, 0.15) is 27.2 Å². The number of sulfone groups is 1. The number of nitrogens with one attached hydrogen (secondary N) is 2. The van der Waals surface area contributed by atoms with Crippen LogP contribution < -0.4 is 5.32 Å². The van der Waals surface area contributed by atoms with Crippen LogP contribution in [0.15, 0.2) is 11.1 Å². The highest BCUT2D eigenvalue weighted by Crippen LogP contribution is 2.20. The van der Waals surface area contributed by atoms with Crippen molar-refractivity contribution in [3.05, 3.63) is 6.20 Å². The zero-order valence-corrected chi connectivity index (χ0v) is 11.0. The molecule has 0 atom stereocenters. The molecule has 1 aromatic heterocycles. The van der Waals surface area contributed by atoms with Crippen molar-refractivity contribution < 1.29 is 8.42 Å².